The Bertz CT molecular complexity index is 680. The molecule has 7 nitrogen and oxygen atoms in total. The average molecular weight is 349 g/mol. The maximum Gasteiger partial charge on any atom is 0.241 e. The number of hydrogen-bond acceptors (Lipinski definition) is 7. The van der Waals surface area contributed by atoms with Crippen molar-refractivity contribution in [3.8, 4) is 5.75 Å². The van der Waals surface area contributed by atoms with Gasteiger partial charge in [-0.25, -0.2) is 0 Å². The zero-order chi connectivity index (χ0) is 17.4. The lowest BCUT2D eigenvalue weighted by Crippen LogP contribution is -2.60. The van der Waals surface area contributed by atoms with Crippen LogP contribution < -0.4 is 10.1 Å². The number of benzene rings is 1. The van der Waals surface area contributed by atoms with Gasteiger partial charge in [0, 0.05) is 0 Å². The highest BCUT2D eigenvalue weighted by Crippen LogP contribution is 2.52. The first-order chi connectivity index (χ1) is 11.8. The minimum atomic E-state index is -0.920. The topological polar surface area (TPSA) is 67.4 Å². The molecule has 0 unspecified atom stereocenters. The van der Waals surface area contributed by atoms with Crippen LogP contribution in [-0.2, 0) is 23.7 Å². The molecule has 0 aliphatic carbocycles. The van der Waals surface area contributed by atoms with Crippen molar-refractivity contribution in [2.45, 2.75) is 69.6 Å². The highest BCUT2D eigenvalue weighted by molar-refractivity contribution is 5.62. The zero-order valence-electron chi connectivity index (χ0n) is 14.8. The van der Waals surface area contributed by atoms with Crippen molar-refractivity contribution in [2.75, 3.05) is 11.9 Å². The highest BCUT2D eigenvalue weighted by Gasteiger charge is 2.70. The summed E-state index contributed by atoms with van der Waals surface area (Å²) < 4.78 is 36.5. The Labute approximate surface area is 146 Å². The second-order valence-corrected chi connectivity index (χ2v) is 7.86. The molecule has 1 N–H and O–H groups in total. The van der Waals surface area contributed by atoms with Crippen molar-refractivity contribution in [1.82, 2.24) is 0 Å². The van der Waals surface area contributed by atoms with Gasteiger partial charge in [-0.15, -0.1) is 0 Å². The van der Waals surface area contributed by atoms with Crippen LogP contribution in [0, 0.1) is 0 Å². The fraction of sp³-hybridized carbons (Fsp3) is 0.667. The van der Waals surface area contributed by atoms with E-state index in [0.717, 1.165) is 11.4 Å². The third-order valence-electron chi connectivity index (χ3n) is 5.05. The molecule has 0 saturated carbocycles. The van der Waals surface area contributed by atoms with Gasteiger partial charge in [-0.05, 0) is 39.8 Å². The standard InChI is InChI=1S/C18H23NO6/c1-16(2)20-9-12(22-16)13-18(14-15(21-13)25-17(3,4)24-14)19-10-7-5-6-8-11(10)23-18/h5-8,12-15,19H,9H2,1-4H3/t12-,13-,14+,15-,18+/m1/s1. The number of fused-ring (bicyclic) bond motifs is 3. The number of ether oxygens (including phenoxy) is 6. The summed E-state index contributed by atoms with van der Waals surface area (Å²) in [5.74, 6) is -0.623. The molecule has 25 heavy (non-hydrogen) atoms. The maximum atomic E-state index is 6.38. The van der Waals surface area contributed by atoms with Gasteiger partial charge in [0.05, 0.1) is 12.3 Å². The molecule has 1 aromatic carbocycles. The van der Waals surface area contributed by atoms with Crippen LogP contribution in [0.1, 0.15) is 27.7 Å². The van der Waals surface area contributed by atoms with Gasteiger partial charge in [-0.2, -0.15) is 0 Å². The number of anilines is 1. The molecular weight excluding hydrogens is 326 g/mol. The Hall–Kier alpha value is -1.38. The molecule has 0 radical (unpaired) electrons. The fourth-order valence-corrected chi connectivity index (χ4v) is 4.09. The Balaban J connectivity index is 1.52. The molecule has 3 saturated heterocycles. The number of rotatable bonds is 1. The monoisotopic (exact) mass is 349 g/mol. The van der Waals surface area contributed by atoms with E-state index in [2.05, 4.69) is 5.32 Å². The summed E-state index contributed by atoms with van der Waals surface area (Å²) in [7, 11) is 0. The molecule has 136 valence electrons. The van der Waals surface area contributed by atoms with E-state index < -0.39 is 35.8 Å². The summed E-state index contributed by atoms with van der Waals surface area (Å²) in [6.07, 6.45) is -1.69. The van der Waals surface area contributed by atoms with Gasteiger partial charge in [0.25, 0.3) is 0 Å². The molecule has 7 heteroatoms. The molecule has 4 aliphatic heterocycles. The molecule has 0 aromatic heterocycles. The van der Waals surface area contributed by atoms with Gasteiger partial charge in [0.1, 0.15) is 11.9 Å². The fourth-order valence-electron chi connectivity index (χ4n) is 4.09. The van der Waals surface area contributed by atoms with E-state index in [9.17, 15) is 0 Å². The van der Waals surface area contributed by atoms with Gasteiger partial charge in [0.2, 0.25) is 5.72 Å². The zero-order valence-corrected chi connectivity index (χ0v) is 14.8. The Kier molecular flexibility index (Phi) is 3.08. The minimum absolute atomic E-state index is 0.294. The van der Waals surface area contributed by atoms with Crippen LogP contribution in [0.2, 0.25) is 0 Å². The largest absolute Gasteiger partial charge is 0.460 e. The van der Waals surface area contributed by atoms with Crippen molar-refractivity contribution in [2.24, 2.45) is 0 Å². The number of nitrogens with one attached hydrogen (secondary N) is 1. The molecule has 1 spiro atoms. The van der Waals surface area contributed by atoms with Gasteiger partial charge in [0.15, 0.2) is 30.1 Å². The summed E-state index contributed by atoms with van der Waals surface area (Å²) in [4.78, 5) is 0. The SMILES string of the molecule is CC1(C)OC[C@H]([C@H]2O[C@@H]3OC(C)(C)O[C@@H]3[C@]23Nc2ccccc2O3)O1. The van der Waals surface area contributed by atoms with Crippen molar-refractivity contribution in [3.05, 3.63) is 24.3 Å². The van der Waals surface area contributed by atoms with E-state index in [-0.39, 0.29) is 6.10 Å². The first-order valence-electron chi connectivity index (χ1n) is 8.67. The summed E-state index contributed by atoms with van der Waals surface area (Å²) in [5.41, 5.74) is -0.0143. The van der Waals surface area contributed by atoms with E-state index in [1.807, 2.05) is 52.0 Å². The Morgan fingerprint density at radius 1 is 0.960 bits per heavy atom. The summed E-state index contributed by atoms with van der Waals surface area (Å²) in [5, 5.41) is 3.49. The minimum Gasteiger partial charge on any atom is -0.460 e. The predicted octanol–water partition coefficient (Wildman–Crippen LogP) is 2.22. The van der Waals surface area contributed by atoms with Crippen LogP contribution in [0.15, 0.2) is 24.3 Å². The molecule has 1 aromatic rings. The smallest absolute Gasteiger partial charge is 0.241 e. The number of para-hydroxylation sites is 2. The number of hydrogen-bond donors (Lipinski definition) is 1. The Morgan fingerprint density at radius 3 is 2.48 bits per heavy atom. The van der Waals surface area contributed by atoms with Crippen molar-refractivity contribution in [3.63, 3.8) is 0 Å². The van der Waals surface area contributed by atoms with Gasteiger partial charge < -0.3 is 33.7 Å². The quantitative estimate of drug-likeness (QED) is 0.834. The molecule has 5 rings (SSSR count). The summed E-state index contributed by atoms with van der Waals surface area (Å²) >= 11 is 0. The lowest BCUT2D eigenvalue weighted by Gasteiger charge is -2.36. The normalized spacial score (nSPS) is 42.9. The van der Waals surface area contributed by atoms with Crippen LogP contribution in [0.3, 0.4) is 0 Å². The van der Waals surface area contributed by atoms with Gasteiger partial charge >= 0.3 is 0 Å². The van der Waals surface area contributed by atoms with E-state index in [4.69, 9.17) is 28.4 Å². The second kappa shape index (κ2) is 4.86. The van der Waals surface area contributed by atoms with E-state index in [1.165, 1.54) is 0 Å². The Morgan fingerprint density at radius 2 is 1.76 bits per heavy atom. The van der Waals surface area contributed by atoms with Crippen LogP contribution >= 0.6 is 0 Å². The van der Waals surface area contributed by atoms with Crippen LogP contribution in [0.25, 0.3) is 0 Å². The molecule has 4 aliphatic rings. The molecule has 0 bridgehead atoms. The van der Waals surface area contributed by atoms with Gasteiger partial charge in [-0.1, -0.05) is 12.1 Å². The first kappa shape index (κ1) is 15.8. The highest BCUT2D eigenvalue weighted by atomic mass is 16.9. The lowest BCUT2D eigenvalue weighted by molar-refractivity contribution is -0.239. The van der Waals surface area contributed by atoms with E-state index in [1.54, 1.807) is 0 Å². The van der Waals surface area contributed by atoms with Crippen molar-refractivity contribution in [1.29, 1.82) is 0 Å². The molecule has 3 fully saturated rings. The van der Waals surface area contributed by atoms with Crippen LogP contribution in [-0.4, -0.2) is 48.5 Å². The molecule has 0 amide bonds. The molecular formula is C18H23NO6. The van der Waals surface area contributed by atoms with Crippen LogP contribution in [0.5, 0.6) is 5.75 Å². The predicted molar refractivity (Wildman–Crippen MR) is 87.0 cm³/mol. The van der Waals surface area contributed by atoms with E-state index in [0.29, 0.717) is 6.61 Å². The third-order valence-corrected chi connectivity index (χ3v) is 5.05. The lowest BCUT2D eigenvalue weighted by atomic mass is 9.98. The second-order valence-electron chi connectivity index (χ2n) is 7.86. The van der Waals surface area contributed by atoms with Crippen molar-refractivity contribution >= 4 is 5.69 Å². The summed E-state index contributed by atoms with van der Waals surface area (Å²) in [6, 6.07) is 7.81. The molecule has 5 atom stereocenters. The van der Waals surface area contributed by atoms with Crippen LogP contribution in [0.4, 0.5) is 5.69 Å². The average Bonchev–Trinajstić information content (AvgIpc) is 3.22. The van der Waals surface area contributed by atoms with Crippen molar-refractivity contribution < 1.29 is 28.4 Å². The van der Waals surface area contributed by atoms with E-state index >= 15 is 0 Å². The van der Waals surface area contributed by atoms with Gasteiger partial charge in [-0.3, -0.25) is 0 Å². The molecule has 4 heterocycles. The summed E-state index contributed by atoms with van der Waals surface area (Å²) in [6.45, 7) is 7.95. The maximum absolute atomic E-state index is 6.38. The first-order valence-corrected chi connectivity index (χ1v) is 8.67. The third kappa shape index (κ3) is 2.30.